The van der Waals surface area contributed by atoms with Crippen LogP contribution in [0.15, 0.2) is 170 Å². The van der Waals surface area contributed by atoms with Crippen LogP contribution in [0.4, 0.5) is 0 Å². The Kier molecular flexibility index (Phi) is 50.2. The quantitative estimate of drug-likeness (QED) is 0.0199. The highest BCUT2D eigenvalue weighted by Gasteiger charge is 2.19. The summed E-state index contributed by atoms with van der Waals surface area (Å²) in [5.41, 5.74) is 0. The van der Waals surface area contributed by atoms with Crippen molar-refractivity contribution in [2.24, 2.45) is 0 Å². The van der Waals surface area contributed by atoms with Gasteiger partial charge in [-0.2, -0.15) is 0 Å². The van der Waals surface area contributed by atoms with E-state index in [9.17, 15) is 14.4 Å². The lowest BCUT2D eigenvalue weighted by molar-refractivity contribution is -0.167. The molecule has 0 saturated carbocycles. The summed E-state index contributed by atoms with van der Waals surface area (Å²) >= 11 is 0. The van der Waals surface area contributed by atoms with Gasteiger partial charge in [-0.05, 0) is 89.9 Å². The second kappa shape index (κ2) is 54.4. The fourth-order valence-electron chi connectivity index (χ4n) is 6.31. The molecule has 0 heterocycles. The Balaban J connectivity index is 4.59. The van der Waals surface area contributed by atoms with Gasteiger partial charge in [-0.1, -0.05) is 242 Å². The van der Waals surface area contributed by atoms with Crippen LogP contribution in [0.3, 0.4) is 0 Å². The Morgan fingerprint density at radius 1 is 0.324 bits per heavy atom. The SMILES string of the molecule is CC\C=C/C=C\C=C/C=C\C=C/CCCC(=O)OCC(COC(=O)CCCCCCCC/C=C\C/C=C\C/C=C\C/C=C\CC)OC(=O)CCCCCCC\C=C/C=C\C=C/C=C\C=C/CCC. The highest BCUT2D eigenvalue weighted by molar-refractivity contribution is 5.71. The summed E-state index contributed by atoms with van der Waals surface area (Å²) in [6.45, 7) is 6.16. The highest BCUT2D eigenvalue weighted by Crippen LogP contribution is 2.12. The molecule has 376 valence electrons. The molecule has 1 unspecified atom stereocenters. The summed E-state index contributed by atoms with van der Waals surface area (Å²) in [6.07, 6.45) is 80.5. The van der Waals surface area contributed by atoms with Gasteiger partial charge in [0.25, 0.3) is 0 Å². The van der Waals surface area contributed by atoms with Gasteiger partial charge in [0, 0.05) is 19.3 Å². The molecule has 0 aromatic heterocycles. The minimum atomic E-state index is -0.836. The van der Waals surface area contributed by atoms with Crippen LogP contribution in [0.1, 0.15) is 181 Å². The first-order valence-corrected chi connectivity index (χ1v) is 26.3. The molecule has 6 heteroatoms. The molecule has 0 N–H and O–H groups in total. The van der Waals surface area contributed by atoms with Crippen LogP contribution < -0.4 is 0 Å². The topological polar surface area (TPSA) is 78.9 Å². The third-order valence-electron chi connectivity index (χ3n) is 10.2. The average Bonchev–Trinajstić information content (AvgIpc) is 3.34. The molecule has 0 aliphatic carbocycles. The zero-order chi connectivity index (χ0) is 49.3. The first-order valence-electron chi connectivity index (χ1n) is 26.3. The maximum Gasteiger partial charge on any atom is 0.306 e. The van der Waals surface area contributed by atoms with Crippen molar-refractivity contribution in [1.82, 2.24) is 0 Å². The third-order valence-corrected chi connectivity index (χ3v) is 10.2. The molecule has 0 aromatic rings. The van der Waals surface area contributed by atoms with Gasteiger partial charge in [-0.15, -0.1) is 0 Å². The number of allylic oxidation sites excluding steroid dienone is 28. The molecule has 0 bridgehead atoms. The molecule has 0 saturated heterocycles. The first-order chi connectivity index (χ1) is 33.5. The minimum Gasteiger partial charge on any atom is -0.462 e. The third kappa shape index (κ3) is 51.7. The van der Waals surface area contributed by atoms with Gasteiger partial charge >= 0.3 is 17.9 Å². The van der Waals surface area contributed by atoms with Crippen molar-refractivity contribution in [2.75, 3.05) is 13.2 Å². The molecule has 0 aliphatic heterocycles. The van der Waals surface area contributed by atoms with Crippen molar-refractivity contribution in [3.05, 3.63) is 170 Å². The maximum absolute atomic E-state index is 12.8. The van der Waals surface area contributed by atoms with Crippen molar-refractivity contribution in [1.29, 1.82) is 0 Å². The first kappa shape index (κ1) is 62.8. The van der Waals surface area contributed by atoms with Gasteiger partial charge in [0.1, 0.15) is 13.2 Å². The van der Waals surface area contributed by atoms with Crippen LogP contribution in [-0.4, -0.2) is 37.2 Å². The predicted octanol–water partition coefficient (Wildman–Crippen LogP) is 17.6. The van der Waals surface area contributed by atoms with E-state index in [1.54, 1.807) is 0 Å². The van der Waals surface area contributed by atoms with Crippen LogP contribution in [-0.2, 0) is 28.6 Å². The molecule has 0 aliphatic rings. The van der Waals surface area contributed by atoms with E-state index in [0.717, 1.165) is 116 Å². The Hall–Kier alpha value is -5.23. The van der Waals surface area contributed by atoms with Gasteiger partial charge in [0.15, 0.2) is 6.10 Å². The number of carbonyl (C=O) groups excluding carboxylic acids is 3. The van der Waals surface area contributed by atoms with Gasteiger partial charge in [-0.3, -0.25) is 14.4 Å². The lowest BCUT2D eigenvalue weighted by Gasteiger charge is -2.18. The average molecular weight is 933 g/mol. The van der Waals surface area contributed by atoms with Crippen LogP contribution in [0, 0.1) is 0 Å². The van der Waals surface area contributed by atoms with E-state index >= 15 is 0 Å². The number of carbonyl (C=O) groups is 3. The number of esters is 3. The number of rotatable bonds is 44. The fourth-order valence-corrected chi connectivity index (χ4v) is 6.31. The summed E-state index contributed by atoms with van der Waals surface area (Å²) in [4.78, 5) is 38.0. The van der Waals surface area contributed by atoms with Crippen molar-refractivity contribution >= 4 is 17.9 Å². The summed E-state index contributed by atoms with van der Waals surface area (Å²) < 4.78 is 16.7. The fraction of sp³-hybridized carbons (Fsp3) is 0.500. The molecule has 0 fully saturated rings. The minimum absolute atomic E-state index is 0.128. The number of hydrogen-bond donors (Lipinski definition) is 0. The second-order valence-corrected chi connectivity index (χ2v) is 16.6. The molecule has 6 nitrogen and oxygen atoms in total. The van der Waals surface area contributed by atoms with E-state index in [1.807, 2.05) is 91.1 Å². The maximum atomic E-state index is 12.8. The lowest BCUT2D eigenvalue weighted by Crippen LogP contribution is -2.30. The van der Waals surface area contributed by atoms with Crippen LogP contribution in [0.25, 0.3) is 0 Å². The zero-order valence-electron chi connectivity index (χ0n) is 42.8. The summed E-state index contributed by atoms with van der Waals surface area (Å²) in [7, 11) is 0. The molecule has 0 spiro atoms. The number of unbranched alkanes of at least 4 members (excludes halogenated alkanes) is 13. The molecule has 0 rings (SSSR count). The largest absolute Gasteiger partial charge is 0.462 e. The number of hydrogen-bond acceptors (Lipinski definition) is 6. The summed E-state index contributed by atoms with van der Waals surface area (Å²) in [5.74, 6) is -1.06. The summed E-state index contributed by atoms with van der Waals surface area (Å²) in [6, 6.07) is 0. The molecule has 68 heavy (non-hydrogen) atoms. The molecule has 0 amide bonds. The van der Waals surface area contributed by atoms with Gasteiger partial charge in [0.05, 0.1) is 0 Å². The standard InChI is InChI=1S/C62H92O6/c1-4-7-10-13-16-19-22-25-27-29-31-33-34-37-40-43-46-49-52-55-61(64)67-58-59(57-66-60(63)54-51-48-45-42-39-36-24-21-18-15-12-9-6-3)68-62(65)56-53-50-47-44-41-38-35-32-30-28-26-23-20-17-14-11-8-5-2/h7,9-12,14-21,23-28,30-33,35-36,39,42,45,59H,4-6,8,13,22,29,34,37-38,40-41,43-44,46-58H2,1-3H3/b10-7-,12-9-,14-11-,18-15-,19-16-,20-17-,24-21-,26-23-,27-25-,30-28-,33-31-,35-32-,39-36-,45-42-. The Bertz CT molecular complexity index is 1640. The molecule has 0 radical (unpaired) electrons. The van der Waals surface area contributed by atoms with Crippen molar-refractivity contribution < 1.29 is 28.6 Å². The van der Waals surface area contributed by atoms with Crippen molar-refractivity contribution in [2.45, 2.75) is 187 Å². The Morgan fingerprint density at radius 2 is 0.662 bits per heavy atom. The monoisotopic (exact) mass is 933 g/mol. The van der Waals surface area contributed by atoms with E-state index in [2.05, 4.69) is 99.8 Å². The van der Waals surface area contributed by atoms with Crippen molar-refractivity contribution in [3.8, 4) is 0 Å². The molecule has 0 aromatic carbocycles. The molecule has 1 atom stereocenters. The number of ether oxygens (including phenoxy) is 3. The smallest absolute Gasteiger partial charge is 0.306 e. The van der Waals surface area contributed by atoms with Crippen LogP contribution >= 0.6 is 0 Å². The predicted molar refractivity (Wildman–Crippen MR) is 292 cm³/mol. The van der Waals surface area contributed by atoms with Crippen molar-refractivity contribution in [3.63, 3.8) is 0 Å². The highest BCUT2D eigenvalue weighted by atomic mass is 16.6. The Morgan fingerprint density at radius 3 is 1.13 bits per heavy atom. The van der Waals surface area contributed by atoms with Gasteiger partial charge in [-0.25, -0.2) is 0 Å². The van der Waals surface area contributed by atoms with E-state index < -0.39 is 6.10 Å². The van der Waals surface area contributed by atoms with Gasteiger partial charge < -0.3 is 14.2 Å². The molecular formula is C62H92O6. The van der Waals surface area contributed by atoms with Gasteiger partial charge in [0.2, 0.25) is 0 Å². The van der Waals surface area contributed by atoms with E-state index in [4.69, 9.17) is 14.2 Å². The lowest BCUT2D eigenvalue weighted by atomic mass is 10.1. The molecular weight excluding hydrogens is 841 g/mol. The van der Waals surface area contributed by atoms with Crippen LogP contribution in [0.2, 0.25) is 0 Å². The summed E-state index contributed by atoms with van der Waals surface area (Å²) in [5, 5.41) is 0. The zero-order valence-corrected chi connectivity index (χ0v) is 42.8. The Labute approximate surface area is 415 Å². The normalized spacial score (nSPS) is 13.5. The second-order valence-electron chi connectivity index (χ2n) is 16.6. The van der Waals surface area contributed by atoms with E-state index in [1.165, 1.54) is 19.3 Å². The van der Waals surface area contributed by atoms with Crippen LogP contribution in [0.5, 0.6) is 0 Å². The van der Waals surface area contributed by atoms with E-state index in [0.29, 0.717) is 12.8 Å². The van der Waals surface area contributed by atoms with E-state index in [-0.39, 0.29) is 44.0 Å².